The molecule has 0 bridgehead atoms. The Balaban J connectivity index is 1.67. The van der Waals surface area contributed by atoms with Crippen molar-refractivity contribution >= 4 is 17.2 Å². The Morgan fingerprint density at radius 3 is 2.67 bits per heavy atom. The average molecular weight is 257 g/mol. The highest BCUT2D eigenvalue weighted by atomic mass is 32.1. The van der Waals surface area contributed by atoms with Crippen molar-refractivity contribution < 1.29 is 4.79 Å². The first-order chi connectivity index (χ1) is 8.84. The molecule has 2 heterocycles. The minimum Gasteiger partial charge on any atom is -0.334 e. The molecule has 1 fully saturated rings. The van der Waals surface area contributed by atoms with Gasteiger partial charge in [-0.1, -0.05) is 36.4 Å². The van der Waals surface area contributed by atoms with Crippen molar-refractivity contribution in [2.45, 2.75) is 18.9 Å². The largest absolute Gasteiger partial charge is 0.334 e. The molecule has 0 saturated carbocycles. The van der Waals surface area contributed by atoms with Crippen molar-refractivity contribution in [3.05, 3.63) is 58.3 Å². The third-order valence-electron chi connectivity index (χ3n) is 3.41. The maximum atomic E-state index is 12.2. The van der Waals surface area contributed by atoms with Crippen LogP contribution in [0.3, 0.4) is 0 Å². The molecule has 1 aromatic heterocycles. The predicted molar refractivity (Wildman–Crippen MR) is 73.5 cm³/mol. The standard InChI is InChI=1S/C15H15NOS/c17-15(11-12-5-2-1-3-6-12)16-9-8-13(16)14-7-4-10-18-14/h1-7,10,13H,8-9,11H2. The van der Waals surface area contributed by atoms with E-state index in [1.54, 1.807) is 11.3 Å². The summed E-state index contributed by atoms with van der Waals surface area (Å²) in [6, 6.07) is 14.5. The number of nitrogens with zero attached hydrogens (tertiary/aromatic N) is 1. The van der Waals surface area contributed by atoms with Gasteiger partial charge in [0, 0.05) is 11.4 Å². The maximum absolute atomic E-state index is 12.2. The zero-order chi connectivity index (χ0) is 12.4. The lowest BCUT2D eigenvalue weighted by Crippen LogP contribution is -2.45. The van der Waals surface area contributed by atoms with E-state index in [-0.39, 0.29) is 5.91 Å². The van der Waals surface area contributed by atoms with Crippen molar-refractivity contribution in [2.24, 2.45) is 0 Å². The Morgan fingerprint density at radius 2 is 2.06 bits per heavy atom. The third kappa shape index (κ3) is 2.18. The fourth-order valence-electron chi connectivity index (χ4n) is 2.33. The number of benzene rings is 1. The Labute approximate surface area is 111 Å². The molecule has 3 heteroatoms. The van der Waals surface area contributed by atoms with E-state index in [1.165, 1.54) is 4.88 Å². The van der Waals surface area contributed by atoms with E-state index in [2.05, 4.69) is 17.5 Å². The van der Waals surface area contributed by atoms with Gasteiger partial charge >= 0.3 is 0 Å². The van der Waals surface area contributed by atoms with Gasteiger partial charge in [-0.25, -0.2) is 0 Å². The van der Waals surface area contributed by atoms with Crippen LogP contribution < -0.4 is 0 Å². The normalized spacial score (nSPS) is 18.4. The number of likely N-dealkylation sites (tertiary alicyclic amines) is 1. The van der Waals surface area contributed by atoms with Crippen molar-refractivity contribution in [3.8, 4) is 0 Å². The van der Waals surface area contributed by atoms with Gasteiger partial charge in [0.25, 0.3) is 0 Å². The highest BCUT2D eigenvalue weighted by Crippen LogP contribution is 2.36. The molecule has 2 aromatic rings. The zero-order valence-electron chi connectivity index (χ0n) is 10.1. The zero-order valence-corrected chi connectivity index (χ0v) is 10.9. The van der Waals surface area contributed by atoms with Crippen LogP contribution in [0, 0.1) is 0 Å². The molecule has 92 valence electrons. The van der Waals surface area contributed by atoms with Crippen LogP contribution in [0.25, 0.3) is 0 Å². The van der Waals surface area contributed by atoms with Crippen LogP contribution in [-0.4, -0.2) is 17.4 Å². The first kappa shape index (κ1) is 11.5. The molecule has 0 spiro atoms. The summed E-state index contributed by atoms with van der Waals surface area (Å²) < 4.78 is 0. The van der Waals surface area contributed by atoms with Crippen LogP contribution >= 0.6 is 11.3 Å². The van der Waals surface area contributed by atoms with E-state index in [0.717, 1.165) is 18.5 Å². The number of carbonyl (C=O) groups excluding carboxylic acids is 1. The predicted octanol–water partition coefficient (Wildman–Crippen LogP) is 3.26. The Bertz CT molecular complexity index is 521. The minimum atomic E-state index is 0.242. The smallest absolute Gasteiger partial charge is 0.227 e. The lowest BCUT2D eigenvalue weighted by atomic mass is 9.99. The summed E-state index contributed by atoms with van der Waals surface area (Å²) in [5, 5.41) is 2.08. The van der Waals surface area contributed by atoms with Crippen molar-refractivity contribution in [3.63, 3.8) is 0 Å². The Kier molecular flexibility index (Phi) is 3.15. The SMILES string of the molecule is O=C(Cc1ccccc1)N1CCC1c1cccs1. The second-order valence-corrected chi connectivity index (χ2v) is 5.55. The monoisotopic (exact) mass is 257 g/mol. The van der Waals surface area contributed by atoms with Gasteiger partial charge in [0.1, 0.15) is 0 Å². The third-order valence-corrected chi connectivity index (χ3v) is 4.38. The van der Waals surface area contributed by atoms with Crippen molar-refractivity contribution in [1.29, 1.82) is 0 Å². The molecule has 0 N–H and O–H groups in total. The average Bonchev–Trinajstić information content (AvgIpc) is 2.82. The van der Waals surface area contributed by atoms with Crippen LogP contribution in [0.1, 0.15) is 22.9 Å². The second-order valence-electron chi connectivity index (χ2n) is 4.57. The lowest BCUT2D eigenvalue weighted by Gasteiger charge is -2.40. The molecule has 1 atom stereocenters. The van der Waals surface area contributed by atoms with Gasteiger partial charge in [0.15, 0.2) is 0 Å². The van der Waals surface area contributed by atoms with E-state index in [1.807, 2.05) is 35.2 Å². The number of hydrogen-bond donors (Lipinski definition) is 0. The van der Waals surface area contributed by atoms with E-state index in [4.69, 9.17) is 0 Å². The van der Waals surface area contributed by atoms with Gasteiger partial charge in [-0.2, -0.15) is 0 Å². The van der Waals surface area contributed by atoms with E-state index >= 15 is 0 Å². The lowest BCUT2D eigenvalue weighted by molar-refractivity contribution is -0.138. The summed E-state index contributed by atoms with van der Waals surface area (Å²) in [5.41, 5.74) is 1.10. The van der Waals surface area contributed by atoms with Crippen LogP contribution in [0.15, 0.2) is 47.8 Å². The van der Waals surface area contributed by atoms with Crippen LogP contribution in [0.2, 0.25) is 0 Å². The summed E-state index contributed by atoms with van der Waals surface area (Å²) in [7, 11) is 0. The highest BCUT2D eigenvalue weighted by molar-refractivity contribution is 7.10. The molecule has 2 nitrogen and oxygen atoms in total. The van der Waals surface area contributed by atoms with Crippen LogP contribution in [0.4, 0.5) is 0 Å². The van der Waals surface area contributed by atoms with E-state index in [0.29, 0.717) is 12.5 Å². The molecule has 1 amide bonds. The number of thiophene rings is 1. The number of rotatable bonds is 3. The molecule has 0 aliphatic carbocycles. The fourth-order valence-corrected chi connectivity index (χ4v) is 3.21. The molecule has 1 unspecified atom stereocenters. The van der Waals surface area contributed by atoms with Crippen LogP contribution in [0.5, 0.6) is 0 Å². The van der Waals surface area contributed by atoms with Gasteiger partial charge in [-0.3, -0.25) is 4.79 Å². The summed E-state index contributed by atoms with van der Waals surface area (Å²) in [6.07, 6.45) is 1.61. The van der Waals surface area contributed by atoms with Gasteiger partial charge in [0.05, 0.1) is 12.5 Å². The first-order valence-electron chi connectivity index (χ1n) is 6.21. The van der Waals surface area contributed by atoms with Gasteiger partial charge in [-0.15, -0.1) is 11.3 Å². The Morgan fingerprint density at radius 1 is 1.22 bits per heavy atom. The maximum Gasteiger partial charge on any atom is 0.227 e. The molecule has 18 heavy (non-hydrogen) atoms. The topological polar surface area (TPSA) is 20.3 Å². The summed E-state index contributed by atoms with van der Waals surface area (Å²) in [5.74, 6) is 0.242. The molecule has 1 aromatic carbocycles. The minimum absolute atomic E-state index is 0.242. The molecule has 0 radical (unpaired) electrons. The molecular formula is C15H15NOS. The van der Waals surface area contributed by atoms with E-state index < -0.39 is 0 Å². The Hall–Kier alpha value is -1.61. The molecular weight excluding hydrogens is 242 g/mol. The number of hydrogen-bond acceptors (Lipinski definition) is 2. The molecule has 1 aliphatic rings. The number of carbonyl (C=O) groups is 1. The van der Waals surface area contributed by atoms with Gasteiger partial charge in [-0.05, 0) is 23.4 Å². The summed E-state index contributed by atoms with van der Waals surface area (Å²) in [4.78, 5) is 15.5. The second kappa shape index (κ2) is 4.94. The molecule has 1 saturated heterocycles. The first-order valence-corrected chi connectivity index (χ1v) is 7.09. The molecule has 1 aliphatic heterocycles. The van der Waals surface area contributed by atoms with Crippen molar-refractivity contribution in [1.82, 2.24) is 4.90 Å². The number of amides is 1. The van der Waals surface area contributed by atoms with Gasteiger partial charge in [0.2, 0.25) is 5.91 Å². The molecule has 3 rings (SSSR count). The summed E-state index contributed by atoms with van der Waals surface area (Å²) >= 11 is 1.74. The van der Waals surface area contributed by atoms with Crippen LogP contribution in [-0.2, 0) is 11.2 Å². The summed E-state index contributed by atoms with van der Waals surface area (Å²) in [6.45, 7) is 0.897. The quantitative estimate of drug-likeness (QED) is 0.826. The highest BCUT2D eigenvalue weighted by Gasteiger charge is 2.33. The van der Waals surface area contributed by atoms with Crippen molar-refractivity contribution in [2.75, 3.05) is 6.54 Å². The van der Waals surface area contributed by atoms with Gasteiger partial charge < -0.3 is 4.90 Å². The fraction of sp³-hybridized carbons (Fsp3) is 0.267. The van der Waals surface area contributed by atoms with E-state index in [9.17, 15) is 4.79 Å².